The van der Waals surface area contributed by atoms with E-state index in [0.717, 1.165) is 0 Å². The van der Waals surface area contributed by atoms with Gasteiger partial charge in [0.1, 0.15) is 5.52 Å². The van der Waals surface area contributed by atoms with E-state index in [2.05, 4.69) is 15.1 Å². The van der Waals surface area contributed by atoms with Gasteiger partial charge in [-0.1, -0.05) is 0 Å². The fourth-order valence-electron chi connectivity index (χ4n) is 2.90. The Morgan fingerprint density at radius 3 is 2.81 bits per heavy atom. The molecule has 3 N–H and O–H groups in total. The molecular formula is C15H17N7O4. The van der Waals surface area contributed by atoms with Gasteiger partial charge in [0.2, 0.25) is 11.8 Å². The van der Waals surface area contributed by atoms with Gasteiger partial charge in [-0.3, -0.25) is 9.13 Å². The van der Waals surface area contributed by atoms with Crippen molar-refractivity contribution in [1.29, 1.82) is 0 Å². The Bertz CT molecular complexity index is 1120. The minimum Gasteiger partial charge on any atom is -0.461 e. The van der Waals surface area contributed by atoms with Crippen molar-refractivity contribution >= 4 is 22.8 Å². The molecule has 0 atom stereocenters. The number of fused-ring (bicyclic) bond motifs is 3. The van der Waals surface area contributed by atoms with E-state index in [-0.39, 0.29) is 24.8 Å². The van der Waals surface area contributed by atoms with Crippen molar-refractivity contribution in [1.82, 2.24) is 28.7 Å². The molecule has 4 rings (SSSR count). The molecule has 0 amide bonds. The summed E-state index contributed by atoms with van der Waals surface area (Å²) >= 11 is 0. The molecule has 136 valence electrons. The van der Waals surface area contributed by atoms with Crippen molar-refractivity contribution in [3.05, 3.63) is 28.9 Å². The zero-order valence-corrected chi connectivity index (χ0v) is 14.0. The summed E-state index contributed by atoms with van der Waals surface area (Å²) in [6.45, 7) is 0.514. The van der Waals surface area contributed by atoms with Crippen LogP contribution in [-0.2, 0) is 17.8 Å². The van der Waals surface area contributed by atoms with Gasteiger partial charge < -0.3 is 20.0 Å². The molecule has 0 fully saturated rings. The fraction of sp³-hybridized carbons (Fsp3) is 0.333. The normalized spacial score (nSPS) is 11.8. The van der Waals surface area contributed by atoms with Crippen LogP contribution in [0.1, 0.15) is 0 Å². The molecule has 0 aliphatic rings. The largest absolute Gasteiger partial charge is 0.461 e. The molecule has 4 aromatic rings. The van der Waals surface area contributed by atoms with Gasteiger partial charge >= 0.3 is 5.69 Å². The number of nitrogens with zero attached hydrogens (tertiary/aromatic N) is 6. The number of hydrogen-bond donors (Lipinski definition) is 2. The monoisotopic (exact) mass is 359 g/mol. The smallest absolute Gasteiger partial charge is 0.330 e. The van der Waals surface area contributed by atoms with Crippen LogP contribution in [0.25, 0.3) is 28.4 Å². The third-order valence-corrected chi connectivity index (χ3v) is 4.04. The highest BCUT2D eigenvalue weighted by molar-refractivity contribution is 5.88. The van der Waals surface area contributed by atoms with Gasteiger partial charge in [-0.15, -0.1) is 5.10 Å². The summed E-state index contributed by atoms with van der Waals surface area (Å²) in [6, 6.07) is 3.45. The van der Waals surface area contributed by atoms with Crippen molar-refractivity contribution in [2.45, 2.75) is 13.1 Å². The zero-order chi connectivity index (χ0) is 18.3. The number of hydrogen-bond acceptors (Lipinski definition) is 8. The molecule has 0 bridgehead atoms. The van der Waals surface area contributed by atoms with E-state index in [1.54, 1.807) is 19.2 Å². The second kappa shape index (κ2) is 6.28. The quantitative estimate of drug-likeness (QED) is 0.479. The number of methoxy groups -OCH3 is 1. The average Bonchev–Trinajstić information content (AvgIpc) is 3.34. The number of aliphatic hydroxyl groups excluding tert-OH is 1. The van der Waals surface area contributed by atoms with Crippen LogP contribution in [0.4, 0.5) is 5.95 Å². The maximum absolute atomic E-state index is 12.8. The molecule has 0 aromatic carbocycles. The van der Waals surface area contributed by atoms with Gasteiger partial charge in [0.05, 0.1) is 32.6 Å². The topological polar surface area (TPSA) is 139 Å². The Kier molecular flexibility index (Phi) is 3.93. The first kappa shape index (κ1) is 16.3. The van der Waals surface area contributed by atoms with Gasteiger partial charge in [-0.2, -0.15) is 9.50 Å². The number of aliphatic hydroxyl groups is 1. The Morgan fingerprint density at radius 1 is 1.27 bits per heavy atom. The van der Waals surface area contributed by atoms with E-state index >= 15 is 0 Å². The van der Waals surface area contributed by atoms with Crippen LogP contribution in [0.5, 0.6) is 0 Å². The van der Waals surface area contributed by atoms with Crippen molar-refractivity contribution in [2.24, 2.45) is 0 Å². The van der Waals surface area contributed by atoms with Crippen molar-refractivity contribution in [2.75, 3.05) is 26.1 Å². The molecule has 0 aliphatic carbocycles. The molecule has 4 heterocycles. The molecular weight excluding hydrogens is 342 g/mol. The van der Waals surface area contributed by atoms with Crippen LogP contribution in [-0.4, -0.2) is 54.1 Å². The molecule has 4 aromatic heterocycles. The minimum absolute atomic E-state index is 0.0772. The number of nitrogen functional groups attached to an aromatic ring is 1. The number of ether oxygens (including phenoxy) is 1. The highest BCUT2D eigenvalue weighted by Gasteiger charge is 2.22. The van der Waals surface area contributed by atoms with Gasteiger partial charge in [0, 0.05) is 7.11 Å². The summed E-state index contributed by atoms with van der Waals surface area (Å²) in [7, 11) is 1.55. The molecule has 0 radical (unpaired) electrons. The van der Waals surface area contributed by atoms with E-state index < -0.39 is 0 Å². The van der Waals surface area contributed by atoms with Crippen LogP contribution in [0.3, 0.4) is 0 Å². The number of rotatable bonds is 6. The number of anilines is 1. The van der Waals surface area contributed by atoms with Crippen LogP contribution in [0.15, 0.2) is 27.6 Å². The lowest BCUT2D eigenvalue weighted by molar-refractivity contribution is 0.187. The maximum Gasteiger partial charge on any atom is 0.330 e. The second-order valence-corrected chi connectivity index (χ2v) is 5.59. The third kappa shape index (κ3) is 2.36. The maximum atomic E-state index is 12.8. The highest BCUT2D eigenvalue weighted by atomic mass is 16.5. The lowest BCUT2D eigenvalue weighted by atomic mass is 10.4. The summed E-state index contributed by atoms with van der Waals surface area (Å²) in [5.41, 5.74) is 6.88. The standard InChI is InChI=1S/C15H17N7O4/c1-25-8-5-20-10-12(21(4-6-23)15(20)24)18-14(16)22-13(10)17-11(19-22)9-3-2-7-26-9/h2-3,7,23H,4-6,8H2,1H3,(H2,16,18). The molecule has 0 saturated carbocycles. The molecule has 11 nitrogen and oxygen atoms in total. The Labute approximate surface area is 146 Å². The number of aromatic nitrogens is 6. The second-order valence-electron chi connectivity index (χ2n) is 5.59. The Balaban J connectivity index is 2.06. The van der Waals surface area contributed by atoms with Gasteiger partial charge in [-0.05, 0) is 12.1 Å². The van der Waals surface area contributed by atoms with Crippen molar-refractivity contribution < 1.29 is 14.3 Å². The average molecular weight is 359 g/mol. The highest BCUT2D eigenvalue weighted by Crippen LogP contribution is 2.23. The molecule has 0 aliphatic heterocycles. The van der Waals surface area contributed by atoms with Gasteiger partial charge in [0.15, 0.2) is 17.1 Å². The minimum atomic E-state index is -0.325. The molecule has 0 unspecified atom stereocenters. The van der Waals surface area contributed by atoms with Crippen LogP contribution < -0.4 is 11.4 Å². The van der Waals surface area contributed by atoms with Crippen LogP contribution >= 0.6 is 0 Å². The first-order valence-electron chi connectivity index (χ1n) is 7.94. The van der Waals surface area contributed by atoms with E-state index in [4.69, 9.17) is 14.9 Å². The Hall–Kier alpha value is -3.18. The number of furan rings is 1. The van der Waals surface area contributed by atoms with Gasteiger partial charge in [0.25, 0.3) is 0 Å². The molecule has 0 spiro atoms. The predicted octanol–water partition coefficient (Wildman–Crippen LogP) is -0.278. The van der Waals surface area contributed by atoms with Crippen molar-refractivity contribution in [3.63, 3.8) is 0 Å². The fourth-order valence-corrected chi connectivity index (χ4v) is 2.90. The predicted molar refractivity (Wildman–Crippen MR) is 91.6 cm³/mol. The SMILES string of the molecule is COCCn1c(=O)n(CCO)c2nc(N)n3nc(-c4ccco4)nc3c21. The summed E-state index contributed by atoms with van der Waals surface area (Å²) in [6.07, 6.45) is 1.52. The summed E-state index contributed by atoms with van der Waals surface area (Å²) in [5.74, 6) is 0.881. The molecule has 0 saturated heterocycles. The summed E-state index contributed by atoms with van der Waals surface area (Å²) < 4.78 is 14.7. The van der Waals surface area contributed by atoms with E-state index in [9.17, 15) is 9.90 Å². The van der Waals surface area contributed by atoms with Crippen LogP contribution in [0, 0.1) is 0 Å². The third-order valence-electron chi connectivity index (χ3n) is 4.04. The van der Waals surface area contributed by atoms with Crippen LogP contribution in [0.2, 0.25) is 0 Å². The summed E-state index contributed by atoms with van der Waals surface area (Å²) in [4.78, 5) is 21.6. The number of nitrogens with two attached hydrogens (primary N) is 1. The first-order valence-corrected chi connectivity index (χ1v) is 7.94. The van der Waals surface area contributed by atoms with Crippen molar-refractivity contribution in [3.8, 4) is 11.6 Å². The first-order chi connectivity index (χ1) is 12.7. The van der Waals surface area contributed by atoms with E-state index in [0.29, 0.717) is 41.5 Å². The lowest BCUT2D eigenvalue weighted by Gasteiger charge is -2.03. The molecule has 11 heteroatoms. The molecule has 26 heavy (non-hydrogen) atoms. The van der Waals surface area contributed by atoms with E-state index in [1.165, 1.54) is 19.9 Å². The Morgan fingerprint density at radius 2 is 2.12 bits per heavy atom. The number of imidazole rings is 1. The zero-order valence-electron chi connectivity index (χ0n) is 14.0. The van der Waals surface area contributed by atoms with Gasteiger partial charge in [-0.25, -0.2) is 9.78 Å². The lowest BCUT2D eigenvalue weighted by Crippen LogP contribution is -2.26. The van der Waals surface area contributed by atoms with E-state index in [1.807, 2.05) is 0 Å². The summed E-state index contributed by atoms with van der Waals surface area (Å²) in [5, 5.41) is 13.6.